The maximum absolute atomic E-state index is 12.6. The topological polar surface area (TPSA) is 50.3 Å². The van der Waals surface area contributed by atoms with E-state index >= 15 is 0 Å². The number of aromatic nitrogens is 1. The van der Waals surface area contributed by atoms with Crippen LogP contribution in [0.5, 0.6) is 0 Å². The van der Waals surface area contributed by atoms with Crippen LogP contribution in [0.1, 0.15) is 52.0 Å². The fraction of sp³-hybridized carbons (Fsp3) is 0.588. The van der Waals surface area contributed by atoms with Crippen molar-refractivity contribution < 1.29 is 9.59 Å². The normalized spacial score (nSPS) is 18.2. The number of rotatable bonds is 3. The van der Waals surface area contributed by atoms with E-state index in [1.165, 1.54) is 4.90 Å². The van der Waals surface area contributed by atoms with Crippen LogP contribution in [0, 0.1) is 11.8 Å². The van der Waals surface area contributed by atoms with E-state index in [9.17, 15) is 9.59 Å². The van der Waals surface area contributed by atoms with Crippen molar-refractivity contribution in [1.29, 1.82) is 0 Å². The standard InChI is InChI=1S/C17H21ClN2O2/c1-17(2,3)12-8-9-19-14(13(12)18)20(15(21)10-4-5-10)16(22)11-6-7-11/h8-11H,4-7H2,1-3H3. The third kappa shape index (κ3) is 2.89. The number of carbonyl (C=O) groups excluding carboxylic acids is 2. The van der Waals surface area contributed by atoms with E-state index in [1.807, 2.05) is 26.8 Å². The molecule has 2 saturated carbocycles. The molecule has 2 fully saturated rings. The number of carbonyl (C=O) groups is 2. The maximum Gasteiger partial charge on any atom is 0.238 e. The molecule has 3 rings (SSSR count). The lowest BCUT2D eigenvalue weighted by molar-refractivity contribution is -0.127. The molecule has 2 aliphatic rings. The fourth-order valence-corrected chi connectivity index (χ4v) is 2.99. The average molecular weight is 321 g/mol. The van der Waals surface area contributed by atoms with Gasteiger partial charge in [0.15, 0.2) is 5.82 Å². The molecule has 0 aliphatic heterocycles. The molecule has 118 valence electrons. The third-order valence-electron chi connectivity index (χ3n) is 4.18. The summed E-state index contributed by atoms with van der Waals surface area (Å²) in [4.78, 5) is 30.7. The number of hydrogen-bond donors (Lipinski definition) is 0. The average Bonchev–Trinajstić information content (AvgIpc) is 3.29. The molecule has 0 aromatic carbocycles. The summed E-state index contributed by atoms with van der Waals surface area (Å²) >= 11 is 6.52. The van der Waals surface area contributed by atoms with Crippen LogP contribution in [0.25, 0.3) is 0 Å². The van der Waals surface area contributed by atoms with Crippen molar-refractivity contribution in [3.63, 3.8) is 0 Å². The molecular formula is C17H21ClN2O2. The van der Waals surface area contributed by atoms with Gasteiger partial charge < -0.3 is 0 Å². The largest absolute Gasteiger partial charge is 0.274 e. The van der Waals surface area contributed by atoms with Crippen molar-refractivity contribution in [1.82, 2.24) is 4.98 Å². The zero-order valence-corrected chi connectivity index (χ0v) is 14.0. The molecule has 22 heavy (non-hydrogen) atoms. The molecular weight excluding hydrogens is 300 g/mol. The Balaban J connectivity index is 2.04. The van der Waals surface area contributed by atoms with Crippen LogP contribution in [-0.2, 0) is 15.0 Å². The summed E-state index contributed by atoms with van der Waals surface area (Å²) in [6.07, 6.45) is 5.04. The van der Waals surface area contributed by atoms with Gasteiger partial charge in [-0.25, -0.2) is 9.88 Å². The number of hydrogen-bond acceptors (Lipinski definition) is 3. The minimum absolute atomic E-state index is 0.0427. The van der Waals surface area contributed by atoms with Crippen molar-refractivity contribution in [3.8, 4) is 0 Å². The van der Waals surface area contributed by atoms with Crippen LogP contribution in [0.2, 0.25) is 5.02 Å². The first kappa shape index (κ1) is 15.5. The summed E-state index contributed by atoms with van der Waals surface area (Å²) in [5.41, 5.74) is 0.725. The summed E-state index contributed by atoms with van der Waals surface area (Å²) in [5.74, 6) is -0.0599. The maximum atomic E-state index is 12.6. The smallest absolute Gasteiger partial charge is 0.238 e. The second-order valence-corrected chi connectivity index (χ2v) is 7.68. The minimum atomic E-state index is -0.175. The molecule has 5 heteroatoms. The van der Waals surface area contributed by atoms with Gasteiger partial charge in [-0.2, -0.15) is 0 Å². The highest BCUT2D eigenvalue weighted by atomic mass is 35.5. The molecule has 0 atom stereocenters. The van der Waals surface area contributed by atoms with Gasteiger partial charge in [0.2, 0.25) is 11.8 Å². The molecule has 4 nitrogen and oxygen atoms in total. The summed E-state index contributed by atoms with van der Waals surface area (Å²) in [6.45, 7) is 6.15. The first-order valence-electron chi connectivity index (χ1n) is 7.83. The minimum Gasteiger partial charge on any atom is -0.274 e. The molecule has 0 unspecified atom stereocenters. The van der Waals surface area contributed by atoms with Gasteiger partial charge in [0, 0.05) is 18.0 Å². The van der Waals surface area contributed by atoms with E-state index in [0.29, 0.717) is 10.8 Å². The zero-order chi connectivity index (χ0) is 16.1. The summed E-state index contributed by atoms with van der Waals surface area (Å²) < 4.78 is 0. The van der Waals surface area contributed by atoms with E-state index < -0.39 is 0 Å². The quantitative estimate of drug-likeness (QED) is 0.798. The number of amides is 2. The molecule has 1 aromatic heterocycles. The van der Waals surface area contributed by atoms with Gasteiger partial charge in [-0.3, -0.25) is 9.59 Å². The second-order valence-electron chi connectivity index (χ2n) is 7.31. The molecule has 0 N–H and O–H groups in total. The Morgan fingerprint density at radius 2 is 1.64 bits per heavy atom. The van der Waals surface area contributed by atoms with Gasteiger partial charge in [0.05, 0.1) is 5.02 Å². The van der Waals surface area contributed by atoms with Gasteiger partial charge >= 0.3 is 0 Å². The number of pyridine rings is 1. The lowest BCUT2D eigenvalue weighted by atomic mass is 9.87. The van der Waals surface area contributed by atoms with Crippen molar-refractivity contribution in [3.05, 3.63) is 22.8 Å². The Kier molecular flexibility index (Phi) is 3.76. The Morgan fingerprint density at radius 1 is 1.14 bits per heavy atom. The Hall–Kier alpha value is -1.42. The Labute approximate surface area is 135 Å². The highest BCUT2D eigenvalue weighted by Crippen LogP contribution is 2.41. The van der Waals surface area contributed by atoms with Crippen molar-refractivity contribution in [2.45, 2.75) is 51.9 Å². The highest BCUT2D eigenvalue weighted by Gasteiger charge is 2.43. The Bertz CT molecular complexity index is 604. The number of anilines is 1. The van der Waals surface area contributed by atoms with Crippen LogP contribution in [-0.4, -0.2) is 16.8 Å². The zero-order valence-electron chi connectivity index (χ0n) is 13.2. The summed E-state index contributed by atoms with van der Waals surface area (Å²) in [5, 5.41) is 0.415. The highest BCUT2D eigenvalue weighted by molar-refractivity contribution is 6.35. The van der Waals surface area contributed by atoms with Crippen LogP contribution >= 0.6 is 11.6 Å². The predicted octanol–water partition coefficient (Wildman–Crippen LogP) is 3.71. The molecule has 1 heterocycles. The first-order chi connectivity index (χ1) is 10.3. The number of nitrogens with zero attached hydrogens (tertiary/aromatic N) is 2. The van der Waals surface area contributed by atoms with Gasteiger partial charge in [0.1, 0.15) is 0 Å². The van der Waals surface area contributed by atoms with Gasteiger partial charge in [0.25, 0.3) is 0 Å². The van der Waals surface area contributed by atoms with Gasteiger partial charge in [-0.15, -0.1) is 0 Å². The van der Waals surface area contributed by atoms with Crippen LogP contribution < -0.4 is 4.90 Å². The van der Waals surface area contributed by atoms with Gasteiger partial charge in [-0.1, -0.05) is 32.4 Å². The monoisotopic (exact) mass is 320 g/mol. The second kappa shape index (κ2) is 5.34. The van der Waals surface area contributed by atoms with E-state index in [1.54, 1.807) is 6.20 Å². The molecule has 0 saturated heterocycles. The predicted molar refractivity (Wildman–Crippen MR) is 85.9 cm³/mol. The number of imide groups is 1. The van der Waals surface area contributed by atoms with Crippen LogP contribution in [0.4, 0.5) is 5.82 Å². The van der Waals surface area contributed by atoms with Crippen LogP contribution in [0.15, 0.2) is 12.3 Å². The van der Waals surface area contributed by atoms with Crippen molar-refractivity contribution >= 4 is 29.2 Å². The molecule has 0 bridgehead atoms. The Morgan fingerprint density at radius 3 is 2.05 bits per heavy atom. The molecule has 0 spiro atoms. The van der Waals surface area contributed by atoms with Crippen molar-refractivity contribution in [2.75, 3.05) is 4.90 Å². The molecule has 1 aromatic rings. The van der Waals surface area contributed by atoms with E-state index in [0.717, 1.165) is 31.2 Å². The van der Waals surface area contributed by atoms with E-state index in [2.05, 4.69) is 4.98 Å². The molecule has 2 amide bonds. The lowest BCUT2D eigenvalue weighted by Crippen LogP contribution is -2.40. The van der Waals surface area contributed by atoms with Gasteiger partial charge in [-0.05, 0) is 42.7 Å². The lowest BCUT2D eigenvalue weighted by Gasteiger charge is -2.26. The van der Waals surface area contributed by atoms with E-state index in [-0.39, 0.29) is 29.1 Å². The SMILES string of the molecule is CC(C)(C)c1ccnc(N(C(=O)C2CC2)C(=O)C2CC2)c1Cl. The molecule has 2 aliphatic carbocycles. The number of halogens is 1. The fourth-order valence-electron chi connectivity index (χ4n) is 2.51. The van der Waals surface area contributed by atoms with Crippen LogP contribution in [0.3, 0.4) is 0 Å². The van der Waals surface area contributed by atoms with Crippen molar-refractivity contribution in [2.24, 2.45) is 11.8 Å². The summed E-state index contributed by atoms with van der Waals surface area (Å²) in [7, 11) is 0. The third-order valence-corrected chi connectivity index (χ3v) is 4.56. The van der Waals surface area contributed by atoms with E-state index in [4.69, 9.17) is 11.6 Å². The summed E-state index contributed by atoms with van der Waals surface area (Å²) in [6, 6.07) is 1.85. The first-order valence-corrected chi connectivity index (χ1v) is 8.21. The molecule has 0 radical (unpaired) electrons.